The highest BCUT2D eigenvalue weighted by molar-refractivity contribution is 7.90. The largest absolute Gasteiger partial charge is 0.355 e. The maximum Gasteiger partial charge on any atom is 0.269 e. The minimum atomic E-state index is -3.81. The summed E-state index contributed by atoms with van der Waals surface area (Å²) >= 11 is 12.2. The molecule has 0 aliphatic rings. The van der Waals surface area contributed by atoms with E-state index in [9.17, 15) is 8.42 Å². The number of hydrogen-bond acceptors (Lipinski definition) is 5. The van der Waals surface area contributed by atoms with Gasteiger partial charge in [0.2, 0.25) is 0 Å². The molecule has 0 saturated heterocycles. The number of pyridine rings is 1. The predicted molar refractivity (Wildman–Crippen MR) is 129 cm³/mol. The summed E-state index contributed by atoms with van der Waals surface area (Å²) in [6.45, 7) is 0.530. The SMILES string of the molecule is CNCc1cn(S(=O)(=O)c2cccnc2)c2cc(Nc3cc(Cl)cc(Cl)c3)ccc12.Cl. The summed E-state index contributed by atoms with van der Waals surface area (Å²) in [5.41, 5.74) is 2.84. The fourth-order valence-electron chi connectivity index (χ4n) is 3.28. The van der Waals surface area contributed by atoms with Crippen LogP contribution in [-0.4, -0.2) is 24.4 Å². The number of halogens is 3. The molecule has 2 N–H and O–H groups in total. The average molecular weight is 498 g/mol. The van der Waals surface area contributed by atoms with E-state index >= 15 is 0 Å². The average Bonchev–Trinajstić information content (AvgIpc) is 3.07. The van der Waals surface area contributed by atoms with Crippen LogP contribution in [0.1, 0.15) is 5.56 Å². The van der Waals surface area contributed by atoms with Gasteiger partial charge in [-0.15, -0.1) is 12.4 Å². The van der Waals surface area contributed by atoms with Crippen molar-refractivity contribution in [3.8, 4) is 0 Å². The first-order valence-corrected chi connectivity index (χ1v) is 11.3. The monoisotopic (exact) mass is 496 g/mol. The van der Waals surface area contributed by atoms with Gasteiger partial charge in [-0.2, -0.15) is 0 Å². The van der Waals surface area contributed by atoms with Gasteiger partial charge in [-0.1, -0.05) is 29.3 Å². The van der Waals surface area contributed by atoms with Gasteiger partial charge in [-0.25, -0.2) is 12.4 Å². The van der Waals surface area contributed by atoms with Crippen molar-refractivity contribution in [3.05, 3.63) is 82.7 Å². The maximum absolute atomic E-state index is 13.3. The molecule has 31 heavy (non-hydrogen) atoms. The first kappa shape index (κ1) is 23.4. The number of aromatic nitrogens is 2. The Morgan fingerprint density at radius 2 is 1.77 bits per heavy atom. The molecule has 0 fully saturated rings. The Morgan fingerprint density at radius 1 is 1.03 bits per heavy atom. The number of benzene rings is 2. The van der Waals surface area contributed by atoms with Gasteiger partial charge in [0.25, 0.3) is 10.0 Å². The van der Waals surface area contributed by atoms with Crippen molar-refractivity contribution < 1.29 is 8.42 Å². The molecule has 162 valence electrons. The molecule has 2 aromatic carbocycles. The van der Waals surface area contributed by atoms with Crippen LogP contribution in [0.4, 0.5) is 11.4 Å². The van der Waals surface area contributed by atoms with Gasteiger partial charge in [0.1, 0.15) is 4.90 Å². The summed E-state index contributed by atoms with van der Waals surface area (Å²) in [5.74, 6) is 0. The fraction of sp³-hybridized carbons (Fsp3) is 0.0952. The third kappa shape index (κ3) is 4.81. The normalized spacial score (nSPS) is 11.3. The summed E-state index contributed by atoms with van der Waals surface area (Å²) in [4.78, 5) is 4.07. The van der Waals surface area contributed by atoms with E-state index in [0.717, 1.165) is 10.9 Å². The number of hydrogen-bond donors (Lipinski definition) is 2. The molecule has 0 saturated carbocycles. The van der Waals surface area contributed by atoms with Crippen LogP contribution < -0.4 is 10.6 Å². The molecular weight excluding hydrogens is 479 g/mol. The molecular formula is C21H19Cl3N4O2S. The molecule has 0 radical (unpaired) electrons. The van der Waals surface area contributed by atoms with E-state index in [0.29, 0.717) is 33.5 Å². The smallest absolute Gasteiger partial charge is 0.269 e. The Morgan fingerprint density at radius 3 is 2.42 bits per heavy atom. The van der Waals surface area contributed by atoms with E-state index in [2.05, 4.69) is 15.6 Å². The van der Waals surface area contributed by atoms with E-state index in [1.54, 1.807) is 36.5 Å². The van der Waals surface area contributed by atoms with Crippen molar-refractivity contribution in [1.29, 1.82) is 0 Å². The molecule has 2 aromatic heterocycles. The van der Waals surface area contributed by atoms with Crippen LogP contribution in [0.5, 0.6) is 0 Å². The number of fused-ring (bicyclic) bond motifs is 1. The van der Waals surface area contributed by atoms with Gasteiger partial charge in [0.05, 0.1) is 5.52 Å². The third-order valence-corrected chi connectivity index (χ3v) is 6.66. The predicted octanol–water partition coefficient (Wildman–Crippen LogP) is 5.46. The van der Waals surface area contributed by atoms with Gasteiger partial charge < -0.3 is 10.6 Å². The molecule has 10 heteroatoms. The van der Waals surface area contributed by atoms with Crippen molar-refractivity contribution in [1.82, 2.24) is 14.3 Å². The van der Waals surface area contributed by atoms with Gasteiger partial charge in [-0.3, -0.25) is 4.98 Å². The van der Waals surface area contributed by atoms with Crippen LogP contribution in [0, 0.1) is 0 Å². The quantitative estimate of drug-likeness (QED) is 0.370. The Balaban J connectivity index is 0.00000272. The zero-order chi connectivity index (χ0) is 21.3. The van der Waals surface area contributed by atoms with Crippen molar-refractivity contribution in [2.75, 3.05) is 12.4 Å². The van der Waals surface area contributed by atoms with Gasteiger partial charge in [0, 0.05) is 51.9 Å². The first-order valence-electron chi connectivity index (χ1n) is 9.06. The Labute approximate surface area is 196 Å². The number of rotatable bonds is 6. The molecule has 6 nitrogen and oxygen atoms in total. The molecule has 0 aliphatic carbocycles. The lowest BCUT2D eigenvalue weighted by molar-refractivity contribution is 0.588. The molecule has 2 heterocycles. The Kier molecular flexibility index (Phi) is 7.13. The summed E-state index contributed by atoms with van der Waals surface area (Å²) in [5, 5.41) is 8.16. The van der Waals surface area contributed by atoms with Crippen LogP contribution in [0.3, 0.4) is 0 Å². The molecule has 0 aliphatic heterocycles. The standard InChI is InChI=1S/C21H18Cl2N4O2S.ClH/c1-24-11-14-13-27(30(28,29)19-3-2-6-25-12-19)21-10-17(4-5-20(14)21)26-18-8-15(22)7-16(23)9-18;/h2-10,12-13,24,26H,11H2,1H3;1H. The minimum Gasteiger partial charge on any atom is -0.355 e. The van der Waals surface area contributed by atoms with Crippen LogP contribution >= 0.6 is 35.6 Å². The fourth-order valence-corrected chi connectivity index (χ4v) is 5.15. The second kappa shape index (κ2) is 9.46. The molecule has 0 spiro atoms. The van der Waals surface area contributed by atoms with E-state index in [4.69, 9.17) is 23.2 Å². The molecule has 0 atom stereocenters. The number of anilines is 2. The van der Waals surface area contributed by atoms with Gasteiger partial charge in [-0.05, 0) is 55.1 Å². The maximum atomic E-state index is 13.3. The highest BCUT2D eigenvalue weighted by atomic mass is 35.5. The van der Waals surface area contributed by atoms with Crippen LogP contribution in [0.25, 0.3) is 10.9 Å². The number of nitrogens with zero attached hydrogens (tertiary/aromatic N) is 2. The lowest BCUT2D eigenvalue weighted by Gasteiger charge is -2.10. The zero-order valence-corrected chi connectivity index (χ0v) is 19.5. The summed E-state index contributed by atoms with van der Waals surface area (Å²) in [6, 6.07) is 13.8. The molecule has 4 rings (SSSR count). The van der Waals surface area contributed by atoms with Crippen molar-refractivity contribution in [3.63, 3.8) is 0 Å². The van der Waals surface area contributed by atoms with E-state index < -0.39 is 10.0 Å². The van der Waals surface area contributed by atoms with Gasteiger partial charge >= 0.3 is 0 Å². The highest BCUT2D eigenvalue weighted by Crippen LogP contribution is 2.31. The Hall–Kier alpha value is -2.29. The third-order valence-electron chi connectivity index (χ3n) is 4.56. The first-order chi connectivity index (χ1) is 14.4. The van der Waals surface area contributed by atoms with Crippen LogP contribution in [0.2, 0.25) is 10.0 Å². The molecule has 0 bridgehead atoms. The lowest BCUT2D eigenvalue weighted by atomic mass is 10.1. The van der Waals surface area contributed by atoms with E-state index in [1.165, 1.54) is 22.4 Å². The highest BCUT2D eigenvalue weighted by Gasteiger charge is 2.21. The molecule has 0 amide bonds. The number of nitrogens with one attached hydrogen (secondary N) is 2. The van der Waals surface area contributed by atoms with Crippen molar-refractivity contribution in [2.24, 2.45) is 0 Å². The summed E-state index contributed by atoms with van der Waals surface area (Å²) in [6.07, 6.45) is 4.52. The molecule has 0 unspecified atom stereocenters. The van der Waals surface area contributed by atoms with E-state index in [-0.39, 0.29) is 17.3 Å². The van der Waals surface area contributed by atoms with E-state index in [1.807, 2.05) is 19.2 Å². The second-order valence-electron chi connectivity index (χ2n) is 6.69. The minimum absolute atomic E-state index is 0. The van der Waals surface area contributed by atoms with Crippen molar-refractivity contribution in [2.45, 2.75) is 11.4 Å². The van der Waals surface area contributed by atoms with Crippen LogP contribution in [0.15, 0.2) is 72.0 Å². The summed E-state index contributed by atoms with van der Waals surface area (Å²) < 4.78 is 27.8. The van der Waals surface area contributed by atoms with Crippen molar-refractivity contribution >= 4 is 67.9 Å². The molecule has 4 aromatic rings. The topological polar surface area (TPSA) is 76.0 Å². The second-order valence-corrected chi connectivity index (χ2v) is 9.38. The Bertz CT molecular complexity index is 1310. The summed E-state index contributed by atoms with van der Waals surface area (Å²) in [7, 11) is -1.99. The zero-order valence-electron chi connectivity index (χ0n) is 16.3. The lowest BCUT2D eigenvalue weighted by Crippen LogP contribution is -2.12. The van der Waals surface area contributed by atoms with Gasteiger partial charge in [0.15, 0.2) is 0 Å². The van der Waals surface area contributed by atoms with Crippen LogP contribution in [-0.2, 0) is 16.6 Å².